The van der Waals surface area contributed by atoms with Crippen LogP contribution in [-0.2, 0) is 6.42 Å². The van der Waals surface area contributed by atoms with E-state index in [1.807, 2.05) is 6.07 Å². The first-order valence-electron chi connectivity index (χ1n) is 4.43. The van der Waals surface area contributed by atoms with Crippen molar-refractivity contribution in [3.8, 4) is 6.07 Å². The summed E-state index contributed by atoms with van der Waals surface area (Å²) in [6.45, 7) is 0. The smallest absolute Gasteiger partial charge is 0.150 e. The molecule has 2 atom stereocenters. The van der Waals surface area contributed by atoms with Crippen LogP contribution in [0.3, 0.4) is 0 Å². The maximum Gasteiger partial charge on any atom is 0.150 e. The number of carbonyl (C=O) groups excluding carboxylic acids is 1. The number of nitrogens with zero attached hydrogens (tertiary/aromatic N) is 1. The molecule has 78 valence electrons. The standard InChI is InChI=1S/C11H10ClNO2/c12-11(15)10(6-13)5-8-1-3-9(7-14)4-2-8/h1-4,7,10-11,15H,5H2. The minimum Gasteiger partial charge on any atom is -0.376 e. The Hall–Kier alpha value is -1.37. The largest absolute Gasteiger partial charge is 0.376 e. The van der Waals surface area contributed by atoms with Gasteiger partial charge in [-0.05, 0) is 12.0 Å². The van der Waals surface area contributed by atoms with Crippen LogP contribution in [0, 0.1) is 17.2 Å². The first-order valence-corrected chi connectivity index (χ1v) is 4.87. The Morgan fingerprint density at radius 1 is 1.47 bits per heavy atom. The van der Waals surface area contributed by atoms with Gasteiger partial charge >= 0.3 is 0 Å². The number of hydrogen-bond acceptors (Lipinski definition) is 3. The average Bonchev–Trinajstić information content (AvgIpc) is 2.26. The quantitative estimate of drug-likeness (QED) is 0.625. The van der Waals surface area contributed by atoms with Gasteiger partial charge in [0.1, 0.15) is 11.8 Å². The minimum absolute atomic E-state index is 0.375. The summed E-state index contributed by atoms with van der Waals surface area (Å²) in [5, 5.41) is 17.8. The molecular weight excluding hydrogens is 214 g/mol. The van der Waals surface area contributed by atoms with Gasteiger partial charge in [-0.25, -0.2) is 0 Å². The van der Waals surface area contributed by atoms with E-state index in [4.69, 9.17) is 22.0 Å². The maximum atomic E-state index is 10.4. The van der Waals surface area contributed by atoms with Crippen LogP contribution in [0.5, 0.6) is 0 Å². The molecule has 1 aromatic rings. The molecule has 0 amide bonds. The highest BCUT2D eigenvalue weighted by atomic mass is 35.5. The molecule has 0 heterocycles. The van der Waals surface area contributed by atoms with Crippen LogP contribution in [0.2, 0.25) is 0 Å². The molecule has 4 heteroatoms. The molecule has 0 aliphatic heterocycles. The fraction of sp³-hybridized carbons (Fsp3) is 0.273. The van der Waals surface area contributed by atoms with Crippen LogP contribution < -0.4 is 0 Å². The van der Waals surface area contributed by atoms with E-state index in [1.165, 1.54) is 0 Å². The second-order valence-corrected chi connectivity index (χ2v) is 3.62. The SMILES string of the molecule is N#CC(Cc1ccc(C=O)cc1)C(O)Cl. The summed E-state index contributed by atoms with van der Waals surface area (Å²) in [4.78, 5) is 10.4. The van der Waals surface area contributed by atoms with Crippen molar-refractivity contribution < 1.29 is 9.90 Å². The topological polar surface area (TPSA) is 61.1 Å². The lowest BCUT2D eigenvalue weighted by Gasteiger charge is -2.09. The van der Waals surface area contributed by atoms with E-state index < -0.39 is 11.5 Å². The van der Waals surface area contributed by atoms with Crippen LogP contribution >= 0.6 is 11.6 Å². The predicted molar refractivity (Wildman–Crippen MR) is 56.5 cm³/mol. The van der Waals surface area contributed by atoms with E-state index in [1.54, 1.807) is 24.3 Å². The molecule has 0 saturated carbocycles. The molecule has 2 unspecified atom stereocenters. The zero-order valence-corrected chi connectivity index (χ0v) is 8.69. The van der Waals surface area contributed by atoms with Gasteiger partial charge in [-0.15, -0.1) is 0 Å². The Balaban J connectivity index is 2.72. The van der Waals surface area contributed by atoms with Crippen LogP contribution in [0.25, 0.3) is 0 Å². The van der Waals surface area contributed by atoms with E-state index >= 15 is 0 Å². The van der Waals surface area contributed by atoms with E-state index in [0.717, 1.165) is 11.8 Å². The molecule has 1 N–H and O–H groups in total. The molecule has 0 radical (unpaired) electrons. The number of nitriles is 1. The molecule has 0 aliphatic carbocycles. The van der Waals surface area contributed by atoms with Crippen molar-refractivity contribution in [2.45, 2.75) is 12.0 Å². The van der Waals surface area contributed by atoms with Crippen molar-refractivity contribution in [2.24, 2.45) is 5.92 Å². The van der Waals surface area contributed by atoms with Gasteiger partial charge in [-0.3, -0.25) is 4.79 Å². The van der Waals surface area contributed by atoms with Gasteiger partial charge in [-0.1, -0.05) is 35.9 Å². The third kappa shape index (κ3) is 3.35. The number of alkyl halides is 1. The molecular formula is C11H10ClNO2. The summed E-state index contributed by atoms with van der Waals surface area (Å²) < 4.78 is 0. The molecule has 1 rings (SSSR count). The van der Waals surface area contributed by atoms with Gasteiger partial charge in [0.05, 0.1) is 12.0 Å². The summed E-state index contributed by atoms with van der Waals surface area (Å²) in [6.07, 6.45) is 1.13. The number of rotatable bonds is 4. The maximum absolute atomic E-state index is 10.4. The van der Waals surface area contributed by atoms with Gasteiger partial charge in [-0.2, -0.15) is 5.26 Å². The number of aldehydes is 1. The molecule has 0 aliphatic rings. The van der Waals surface area contributed by atoms with Crippen molar-refractivity contribution in [3.05, 3.63) is 35.4 Å². The fourth-order valence-electron chi connectivity index (χ4n) is 1.19. The summed E-state index contributed by atoms with van der Waals surface area (Å²) in [5.74, 6) is -0.631. The van der Waals surface area contributed by atoms with Gasteiger partial charge in [0, 0.05) is 5.56 Å². The number of aliphatic hydroxyl groups is 1. The second kappa shape index (κ2) is 5.50. The Morgan fingerprint density at radius 3 is 2.47 bits per heavy atom. The van der Waals surface area contributed by atoms with E-state index in [9.17, 15) is 4.79 Å². The van der Waals surface area contributed by atoms with Crippen LogP contribution in [0.1, 0.15) is 15.9 Å². The summed E-state index contributed by atoms with van der Waals surface area (Å²) >= 11 is 5.43. The molecule has 0 saturated heterocycles. The molecule has 1 aromatic carbocycles. The number of halogens is 1. The normalized spacial score (nSPS) is 13.9. The summed E-state index contributed by atoms with van der Waals surface area (Å²) in [5.41, 5.74) is 0.284. The average molecular weight is 224 g/mol. The predicted octanol–water partition coefficient (Wildman–Crippen LogP) is 1.74. The number of aliphatic hydroxyl groups excluding tert-OH is 1. The number of benzene rings is 1. The van der Waals surface area contributed by atoms with Crippen LogP contribution in [-0.4, -0.2) is 17.0 Å². The van der Waals surface area contributed by atoms with Gasteiger partial charge in [0.2, 0.25) is 0 Å². The molecule has 0 aromatic heterocycles. The Bertz CT molecular complexity index is 367. The molecule has 3 nitrogen and oxygen atoms in total. The Morgan fingerprint density at radius 2 is 2.07 bits per heavy atom. The van der Waals surface area contributed by atoms with Crippen LogP contribution in [0.4, 0.5) is 0 Å². The first-order chi connectivity index (χ1) is 7.17. The highest BCUT2D eigenvalue weighted by Crippen LogP contribution is 2.14. The van der Waals surface area contributed by atoms with Crippen molar-refractivity contribution in [3.63, 3.8) is 0 Å². The lowest BCUT2D eigenvalue weighted by atomic mass is 10.0. The molecule has 0 spiro atoms. The van der Waals surface area contributed by atoms with Crippen molar-refractivity contribution in [2.75, 3.05) is 0 Å². The highest BCUT2D eigenvalue weighted by molar-refractivity contribution is 6.19. The summed E-state index contributed by atoms with van der Waals surface area (Å²) in [6, 6.07) is 8.74. The lowest BCUT2D eigenvalue weighted by molar-refractivity contribution is 0.112. The highest BCUT2D eigenvalue weighted by Gasteiger charge is 2.16. The minimum atomic E-state index is -1.17. The molecule has 15 heavy (non-hydrogen) atoms. The molecule has 0 fully saturated rings. The zero-order valence-electron chi connectivity index (χ0n) is 7.93. The second-order valence-electron chi connectivity index (χ2n) is 3.17. The zero-order chi connectivity index (χ0) is 11.3. The Kier molecular flexibility index (Phi) is 4.29. The van der Waals surface area contributed by atoms with Gasteiger partial charge < -0.3 is 5.11 Å². The van der Waals surface area contributed by atoms with Gasteiger partial charge in [0.25, 0.3) is 0 Å². The lowest BCUT2D eigenvalue weighted by Crippen LogP contribution is -2.14. The Labute approximate surface area is 92.9 Å². The third-order valence-corrected chi connectivity index (χ3v) is 2.37. The van der Waals surface area contributed by atoms with Crippen LogP contribution in [0.15, 0.2) is 24.3 Å². The van der Waals surface area contributed by atoms with E-state index in [-0.39, 0.29) is 0 Å². The van der Waals surface area contributed by atoms with E-state index in [2.05, 4.69) is 0 Å². The monoisotopic (exact) mass is 223 g/mol. The van der Waals surface area contributed by atoms with Crippen molar-refractivity contribution in [1.29, 1.82) is 5.26 Å². The van der Waals surface area contributed by atoms with Crippen molar-refractivity contribution >= 4 is 17.9 Å². The summed E-state index contributed by atoms with van der Waals surface area (Å²) in [7, 11) is 0. The van der Waals surface area contributed by atoms with Gasteiger partial charge in [0.15, 0.2) is 0 Å². The molecule has 0 bridgehead atoms. The van der Waals surface area contributed by atoms with E-state index in [0.29, 0.717) is 12.0 Å². The number of hydrogen-bond donors (Lipinski definition) is 1. The number of carbonyl (C=O) groups is 1. The fourth-order valence-corrected chi connectivity index (χ4v) is 1.34. The first kappa shape index (κ1) is 11.7. The third-order valence-electron chi connectivity index (χ3n) is 2.07. The van der Waals surface area contributed by atoms with Crippen molar-refractivity contribution in [1.82, 2.24) is 0 Å².